The van der Waals surface area contributed by atoms with Crippen molar-refractivity contribution in [1.29, 1.82) is 0 Å². The van der Waals surface area contributed by atoms with E-state index in [1.165, 1.54) is 6.07 Å². The summed E-state index contributed by atoms with van der Waals surface area (Å²) in [6.45, 7) is 6.13. The number of hydrogen-bond acceptors (Lipinski definition) is 3. The van der Waals surface area contributed by atoms with Crippen molar-refractivity contribution in [1.82, 2.24) is 5.32 Å². The van der Waals surface area contributed by atoms with Crippen molar-refractivity contribution < 1.29 is 14.0 Å². The van der Waals surface area contributed by atoms with Crippen LogP contribution >= 0.6 is 0 Å². The van der Waals surface area contributed by atoms with Gasteiger partial charge in [-0.25, -0.2) is 4.39 Å². The van der Waals surface area contributed by atoms with E-state index < -0.39 is 11.8 Å². The first-order chi connectivity index (χ1) is 12.5. The van der Waals surface area contributed by atoms with Gasteiger partial charge in [0.05, 0.1) is 0 Å². The Bertz CT molecular complexity index is 743. The number of carbonyl (C=O) groups excluding carboxylic acids is 2. The summed E-state index contributed by atoms with van der Waals surface area (Å²) in [6, 6.07) is 13.7. The lowest BCUT2D eigenvalue weighted by Gasteiger charge is -2.21. The van der Waals surface area contributed by atoms with Gasteiger partial charge in [-0.3, -0.25) is 9.59 Å². The van der Waals surface area contributed by atoms with E-state index in [4.69, 9.17) is 0 Å². The summed E-state index contributed by atoms with van der Waals surface area (Å²) < 4.78 is 13.5. The van der Waals surface area contributed by atoms with Gasteiger partial charge in [0.15, 0.2) is 0 Å². The molecule has 2 aromatic rings. The van der Waals surface area contributed by atoms with Gasteiger partial charge in [-0.15, -0.1) is 0 Å². The van der Waals surface area contributed by atoms with Crippen molar-refractivity contribution in [3.8, 4) is 0 Å². The number of nitrogens with zero attached hydrogens (tertiary/aromatic N) is 1. The van der Waals surface area contributed by atoms with Gasteiger partial charge in [-0.1, -0.05) is 18.2 Å². The van der Waals surface area contributed by atoms with E-state index in [9.17, 15) is 14.0 Å². The molecule has 2 aromatic carbocycles. The quantitative estimate of drug-likeness (QED) is 0.749. The average molecular weight is 357 g/mol. The van der Waals surface area contributed by atoms with Crippen LogP contribution in [0.3, 0.4) is 0 Å². The molecule has 2 N–H and O–H groups in total. The van der Waals surface area contributed by atoms with Gasteiger partial charge >= 0.3 is 11.8 Å². The summed E-state index contributed by atoms with van der Waals surface area (Å²) in [6.07, 6.45) is 0.324. The second kappa shape index (κ2) is 9.56. The first kappa shape index (κ1) is 19.4. The highest BCUT2D eigenvalue weighted by Gasteiger charge is 2.13. The van der Waals surface area contributed by atoms with Crippen molar-refractivity contribution in [3.63, 3.8) is 0 Å². The maximum atomic E-state index is 13.5. The molecule has 0 unspecified atom stereocenters. The molecule has 138 valence electrons. The average Bonchev–Trinajstić information content (AvgIpc) is 2.65. The fourth-order valence-electron chi connectivity index (χ4n) is 2.62. The zero-order chi connectivity index (χ0) is 18.9. The summed E-state index contributed by atoms with van der Waals surface area (Å²) in [5, 5.41) is 5.06. The third-order valence-electron chi connectivity index (χ3n) is 4.10. The Morgan fingerprint density at radius 3 is 2.23 bits per heavy atom. The predicted molar refractivity (Wildman–Crippen MR) is 102 cm³/mol. The number of amides is 2. The summed E-state index contributed by atoms with van der Waals surface area (Å²) in [5.41, 5.74) is 2.11. The second-order valence-corrected chi connectivity index (χ2v) is 5.77. The van der Waals surface area contributed by atoms with Gasteiger partial charge in [0.2, 0.25) is 0 Å². The molecule has 0 saturated carbocycles. The van der Waals surface area contributed by atoms with E-state index in [0.717, 1.165) is 18.8 Å². The van der Waals surface area contributed by atoms with Gasteiger partial charge in [0.25, 0.3) is 0 Å². The van der Waals surface area contributed by atoms with Crippen LogP contribution in [0.2, 0.25) is 0 Å². The van der Waals surface area contributed by atoms with Gasteiger partial charge in [-0.2, -0.15) is 0 Å². The maximum Gasteiger partial charge on any atom is 0.313 e. The molecule has 2 amide bonds. The topological polar surface area (TPSA) is 61.4 Å². The first-order valence-electron chi connectivity index (χ1n) is 8.72. The van der Waals surface area contributed by atoms with Crippen molar-refractivity contribution in [2.75, 3.05) is 29.9 Å². The highest BCUT2D eigenvalue weighted by atomic mass is 19.1. The molecular weight excluding hydrogens is 333 g/mol. The van der Waals surface area contributed by atoms with E-state index in [1.54, 1.807) is 30.3 Å². The maximum absolute atomic E-state index is 13.5. The zero-order valence-corrected chi connectivity index (χ0v) is 15.1. The Balaban J connectivity index is 1.83. The molecule has 0 fully saturated rings. The number of anilines is 2. The van der Waals surface area contributed by atoms with Crippen molar-refractivity contribution in [3.05, 3.63) is 59.9 Å². The van der Waals surface area contributed by atoms with Gasteiger partial charge in [0.1, 0.15) is 5.82 Å². The molecule has 0 aromatic heterocycles. The van der Waals surface area contributed by atoms with E-state index in [0.29, 0.717) is 17.7 Å². The lowest BCUT2D eigenvalue weighted by atomic mass is 10.1. The van der Waals surface area contributed by atoms with Gasteiger partial charge in [-0.05, 0) is 56.2 Å². The van der Waals surface area contributed by atoms with Crippen LogP contribution in [0.5, 0.6) is 0 Å². The van der Waals surface area contributed by atoms with Crippen LogP contribution in [0.4, 0.5) is 15.8 Å². The van der Waals surface area contributed by atoms with Gasteiger partial charge < -0.3 is 15.5 Å². The highest BCUT2D eigenvalue weighted by molar-refractivity contribution is 6.39. The molecule has 2 rings (SSSR count). The van der Waals surface area contributed by atoms with Crippen LogP contribution in [0.25, 0.3) is 0 Å². The first-order valence-corrected chi connectivity index (χ1v) is 8.72. The minimum Gasteiger partial charge on any atom is -0.372 e. The molecular formula is C20H24FN3O2. The second-order valence-electron chi connectivity index (χ2n) is 5.77. The lowest BCUT2D eigenvalue weighted by Crippen LogP contribution is -2.36. The molecule has 26 heavy (non-hydrogen) atoms. The zero-order valence-electron chi connectivity index (χ0n) is 15.1. The fraction of sp³-hybridized carbons (Fsp3) is 0.300. The third kappa shape index (κ3) is 5.31. The molecule has 0 radical (unpaired) electrons. The summed E-state index contributed by atoms with van der Waals surface area (Å²) >= 11 is 0. The van der Waals surface area contributed by atoms with Crippen LogP contribution in [-0.4, -0.2) is 31.4 Å². The Hall–Kier alpha value is -2.89. The molecule has 5 nitrogen and oxygen atoms in total. The molecule has 0 spiro atoms. The fourth-order valence-corrected chi connectivity index (χ4v) is 2.62. The van der Waals surface area contributed by atoms with E-state index in [2.05, 4.69) is 29.4 Å². The van der Waals surface area contributed by atoms with Gasteiger partial charge in [0, 0.05) is 31.0 Å². The Morgan fingerprint density at radius 1 is 0.962 bits per heavy atom. The van der Waals surface area contributed by atoms with E-state index in [1.807, 2.05) is 12.1 Å². The predicted octanol–water partition coefficient (Wildman–Crippen LogP) is 2.97. The molecule has 0 bridgehead atoms. The normalized spacial score (nSPS) is 10.3. The number of rotatable bonds is 7. The molecule has 0 saturated heterocycles. The standard InChI is InChI=1S/C20H24FN3O2/c1-3-24(4-2)17-11-9-16(10-12-17)23-20(26)19(25)22-14-13-15-7-5-6-8-18(15)21/h5-12H,3-4,13-14H2,1-2H3,(H,22,25)(H,23,26). The third-order valence-corrected chi connectivity index (χ3v) is 4.10. The molecule has 0 aliphatic heterocycles. The largest absolute Gasteiger partial charge is 0.372 e. The number of benzene rings is 2. The number of nitrogens with one attached hydrogen (secondary N) is 2. The number of hydrogen-bond donors (Lipinski definition) is 2. The van der Waals surface area contributed by atoms with E-state index >= 15 is 0 Å². The Labute approximate surface area is 153 Å². The monoisotopic (exact) mass is 357 g/mol. The minimum atomic E-state index is -0.742. The smallest absolute Gasteiger partial charge is 0.313 e. The molecule has 0 atom stereocenters. The summed E-state index contributed by atoms with van der Waals surface area (Å²) in [4.78, 5) is 26.0. The molecule has 0 aliphatic carbocycles. The Morgan fingerprint density at radius 2 is 1.62 bits per heavy atom. The van der Waals surface area contributed by atoms with Crippen molar-refractivity contribution in [2.45, 2.75) is 20.3 Å². The van der Waals surface area contributed by atoms with Crippen LogP contribution in [0.15, 0.2) is 48.5 Å². The van der Waals surface area contributed by atoms with Crippen LogP contribution in [0.1, 0.15) is 19.4 Å². The van der Waals surface area contributed by atoms with Crippen molar-refractivity contribution in [2.24, 2.45) is 0 Å². The van der Waals surface area contributed by atoms with Crippen LogP contribution < -0.4 is 15.5 Å². The van der Waals surface area contributed by atoms with Crippen LogP contribution in [0, 0.1) is 5.82 Å². The summed E-state index contributed by atoms with van der Waals surface area (Å²) in [7, 11) is 0. The molecule has 0 heterocycles. The van der Waals surface area contributed by atoms with Crippen molar-refractivity contribution >= 4 is 23.2 Å². The van der Waals surface area contributed by atoms with Crippen LogP contribution in [-0.2, 0) is 16.0 Å². The SMILES string of the molecule is CCN(CC)c1ccc(NC(=O)C(=O)NCCc2ccccc2F)cc1. The Kier molecular flexibility index (Phi) is 7.14. The highest BCUT2D eigenvalue weighted by Crippen LogP contribution is 2.17. The number of carbonyl (C=O) groups is 2. The number of halogens is 1. The molecule has 0 aliphatic rings. The minimum absolute atomic E-state index is 0.189. The molecule has 6 heteroatoms. The summed E-state index contributed by atoms with van der Waals surface area (Å²) in [5.74, 6) is -1.80. The van der Waals surface area contributed by atoms with E-state index in [-0.39, 0.29) is 12.4 Å². The lowest BCUT2D eigenvalue weighted by molar-refractivity contribution is -0.136.